The number of anilines is 4. The number of nitrogens with one attached hydrogen (secondary N) is 5. The van der Waals surface area contributed by atoms with Crippen LogP contribution in [0.2, 0.25) is 0 Å². The Hall–Kier alpha value is -7.09. The predicted molar refractivity (Wildman–Crippen MR) is 308 cm³/mol. The highest BCUT2D eigenvalue weighted by Crippen LogP contribution is 2.33. The maximum absolute atomic E-state index is 12.3. The van der Waals surface area contributed by atoms with Crippen LogP contribution in [0.4, 0.5) is 27.9 Å². The number of H-pyrrole nitrogens is 1. The highest BCUT2D eigenvalue weighted by Gasteiger charge is 2.32. The number of carboxylic acids is 2. The number of benzene rings is 3. The van der Waals surface area contributed by atoms with E-state index in [0.29, 0.717) is 36.5 Å². The number of aromatic nitrogens is 2. The topological polar surface area (TPSA) is 313 Å². The molecule has 9 N–H and O–H groups in total. The number of thioether (sulfide) groups is 2. The Kier molecular flexibility index (Phi) is 23.3. The number of nitrogens with zero attached hydrogens (tertiary/aromatic N) is 8. The molecule has 78 heavy (non-hydrogen) atoms. The minimum Gasteiger partial charge on any atom is -0.481 e. The van der Waals surface area contributed by atoms with Gasteiger partial charge in [0, 0.05) is 80.4 Å². The number of rotatable bonds is 16. The number of urea groups is 1. The second-order valence-corrected chi connectivity index (χ2v) is 20.9. The van der Waals surface area contributed by atoms with E-state index in [1.807, 2.05) is 23.5 Å². The average molecular weight is 1150 g/mol. The van der Waals surface area contributed by atoms with Crippen molar-refractivity contribution >= 4 is 111 Å². The first kappa shape index (κ1) is 60.1. The molecule has 1 aromatic heterocycles. The van der Waals surface area contributed by atoms with E-state index in [9.17, 15) is 38.8 Å². The van der Waals surface area contributed by atoms with Gasteiger partial charge in [0.15, 0.2) is 16.0 Å². The first-order valence-corrected chi connectivity index (χ1v) is 27.8. The summed E-state index contributed by atoms with van der Waals surface area (Å²) in [5.41, 5.74) is 8.43. The molecule has 4 aromatic rings. The van der Waals surface area contributed by atoms with Crippen molar-refractivity contribution in [2.45, 2.75) is 75.2 Å². The molecule has 3 aromatic carbocycles. The van der Waals surface area contributed by atoms with Crippen LogP contribution in [0.1, 0.15) is 78.5 Å². The summed E-state index contributed by atoms with van der Waals surface area (Å²) in [7, 11) is 0. The SMILES string of the molecule is Cl.Nc1nc(=O)c2c([nH]1)NCC(CNc1ccc(C(=O)N[C@@H](CCC(=O)O)C(=O)O)cc1)N2C=O.O=NN(CCCl)C(=O)NC1CCCCC1.c1ccc([C@H]2CN3CCSC3=N2)cc1.c1ccc([C@H]2CN3CCSC3=N2)cc1. The number of aromatic amines is 1. The summed E-state index contributed by atoms with van der Waals surface area (Å²) in [6.07, 6.45) is 5.36. The van der Waals surface area contributed by atoms with E-state index >= 15 is 0 Å². The summed E-state index contributed by atoms with van der Waals surface area (Å²) >= 11 is 9.22. The normalized spacial score (nSPS) is 19.0. The molecule has 418 valence electrons. The van der Waals surface area contributed by atoms with Crippen LogP contribution in [0.15, 0.2) is 105 Å². The molecule has 1 saturated carbocycles. The minimum atomic E-state index is -1.33. The predicted octanol–water partition coefficient (Wildman–Crippen LogP) is 6.23. The molecule has 27 heteroatoms. The summed E-state index contributed by atoms with van der Waals surface area (Å²) < 4.78 is 0. The number of hydrogen-bond donors (Lipinski definition) is 8. The molecule has 0 radical (unpaired) electrons. The van der Waals surface area contributed by atoms with E-state index in [4.69, 9.17) is 32.4 Å². The quantitative estimate of drug-likeness (QED) is 0.0267. The van der Waals surface area contributed by atoms with Crippen LogP contribution in [0, 0.1) is 4.91 Å². The summed E-state index contributed by atoms with van der Waals surface area (Å²) in [6, 6.07) is 26.0. The van der Waals surface area contributed by atoms with Crippen LogP contribution in [0.25, 0.3) is 0 Å². The Labute approximate surface area is 470 Å². The van der Waals surface area contributed by atoms with Crippen LogP contribution in [0.3, 0.4) is 0 Å². The molecule has 1 unspecified atom stereocenters. The van der Waals surface area contributed by atoms with E-state index in [1.54, 1.807) is 12.1 Å². The number of nitrogen functional groups attached to an aromatic ring is 1. The van der Waals surface area contributed by atoms with Gasteiger partial charge in [0.05, 0.1) is 30.0 Å². The van der Waals surface area contributed by atoms with Gasteiger partial charge in [-0.05, 0) is 54.7 Å². The zero-order valence-corrected chi connectivity index (χ0v) is 45.8. The molecule has 2 saturated heterocycles. The lowest BCUT2D eigenvalue weighted by atomic mass is 9.96. The first-order chi connectivity index (χ1) is 37.3. The number of hydrogen-bond acceptors (Lipinski definition) is 18. The maximum atomic E-state index is 12.3. The second-order valence-electron chi connectivity index (χ2n) is 18.4. The van der Waals surface area contributed by atoms with Gasteiger partial charge in [-0.2, -0.15) is 9.99 Å². The van der Waals surface area contributed by atoms with Crippen molar-refractivity contribution in [2.24, 2.45) is 15.3 Å². The zero-order chi connectivity index (χ0) is 54.7. The van der Waals surface area contributed by atoms with Gasteiger partial charge >= 0.3 is 23.5 Å². The van der Waals surface area contributed by atoms with Crippen molar-refractivity contribution in [3.63, 3.8) is 0 Å². The van der Waals surface area contributed by atoms with Gasteiger partial charge in [-0.15, -0.1) is 28.9 Å². The van der Waals surface area contributed by atoms with Gasteiger partial charge in [0.1, 0.15) is 11.9 Å². The molecule has 10 rings (SSSR count). The number of aliphatic carboxylic acids is 2. The molecule has 4 amide bonds. The van der Waals surface area contributed by atoms with E-state index in [0.717, 1.165) is 43.8 Å². The molecule has 0 spiro atoms. The standard InChI is InChI=1S/C20H23N7O7.2C11H12N2S.C9H16ClN3O2.ClH/c21-20-25-16-15(18(32)26-20)27(9-28)12(8-23-16)7-22-11-3-1-10(2-4-11)17(31)24-13(19(33)34)5-6-14(29)30;2*1-2-4-9(5-3-1)10-8-13-6-7-14-11(13)12-10;10-6-7-13(12-15)9(14)11-8-4-2-1-3-5-8;/h1-4,9,12-13,22H,5-8H2,(H,24,31)(H,29,30)(H,33,34)(H4,21,23,25,26,32);2*1-5,10H,6-8H2;8H,1-7H2,(H,11,14);1H/t12?,13-;2*10-;;/m011../s1. The molecule has 6 aliphatic rings. The van der Waals surface area contributed by atoms with Crippen molar-refractivity contribution in [3.8, 4) is 0 Å². The fourth-order valence-electron chi connectivity index (χ4n) is 9.08. The summed E-state index contributed by atoms with van der Waals surface area (Å²) in [6.45, 7) is 5.24. The Bertz CT molecular complexity index is 2710. The molecule has 3 fully saturated rings. The number of amidine groups is 2. The van der Waals surface area contributed by atoms with Crippen molar-refractivity contribution in [2.75, 3.05) is 84.5 Å². The van der Waals surface area contributed by atoms with Crippen molar-refractivity contribution in [3.05, 3.63) is 117 Å². The Morgan fingerprint density at radius 2 is 1.47 bits per heavy atom. The number of carbonyl (C=O) groups is 5. The Morgan fingerprint density at radius 3 is 1.99 bits per heavy atom. The van der Waals surface area contributed by atoms with Crippen LogP contribution in [-0.4, -0.2) is 157 Å². The van der Waals surface area contributed by atoms with Crippen LogP contribution in [-0.2, 0) is 14.4 Å². The van der Waals surface area contributed by atoms with Gasteiger partial charge in [-0.1, -0.05) is 103 Å². The highest BCUT2D eigenvalue weighted by atomic mass is 35.5. The number of aliphatic imine (C=N–C) groups is 2. The third-order valence-electron chi connectivity index (χ3n) is 13.1. The number of carboxylic acid groups (broad SMARTS) is 2. The number of halogens is 2. The molecule has 23 nitrogen and oxygen atoms in total. The average Bonchev–Trinajstić information content (AvgIpc) is 4.32. The van der Waals surface area contributed by atoms with Crippen molar-refractivity contribution in [1.82, 2.24) is 35.4 Å². The van der Waals surface area contributed by atoms with Gasteiger partial charge in [0.2, 0.25) is 12.4 Å². The number of carbonyl (C=O) groups excluding carboxylic acids is 3. The first-order valence-electron chi connectivity index (χ1n) is 25.3. The second kappa shape index (κ2) is 30.2. The molecule has 0 bridgehead atoms. The van der Waals surface area contributed by atoms with Crippen LogP contribution >= 0.6 is 47.5 Å². The van der Waals surface area contributed by atoms with Crippen molar-refractivity contribution < 1.29 is 34.2 Å². The third-order valence-corrected chi connectivity index (χ3v) is 15.3. The maximum Gasteiger partial charge on any atom is 0.340 e. The number of amides is 4. The van der Waals surface area contributed by atoms with Gasteiger partial charge < -0.3 is 56.9 Å². The summed E-state index contributed by atoms with van der Waals surface area (Å²) in [5.74, 6) is -0.281. The summed E-state index contributed by atoms with van der Waals surface area (Å²) in [5, 5.41) is 35.1. The number of fused-ring (bicyclic) bond motifs is 3. The summed E-state index contributed by atoms with van der Waals surface area (Å²) in [4.78, 5) is 102. The molecule has 5 aliphatic heterocycles. The van der Waals surface area contributed by atoms with Crippen molar-refractivity contribution in [1.29, 1.82) is 0 Å². The van der Waals surface area contributed by atoms with Gasteiger partial charge in [-0.25, -0.2) is 9.59 Å². The van der Waals surface area contributed by atoms with E-state index < -0.39 is 47.9 Å². The van der Waals surface area contributed by atoms with Gasteiger partial charge in [-0.3, -0.25) is 29.2 Å². The Balaban J connectivity index is 0.000000185. The lowest BCUT2D eigenvalue weighted by molar-refractivity contribution is -0.140. The Morgan fingerprint density at radius 1 is 0.885 bits per heavy atom. The van der Waals surface area contributed by atoms with Gasteiger partial charge in [0.25, 0.3) is 5.91 Å². The fraction of sp³-hybridized carbons (Fsp3) is 0.431. The molecule has 1 aliphatic carbocycles. The lowest BCUT2D eigenvalue weighted by Gasteiger charge is -2.34. The number of nitroso groups, excluding NO2 is 1. The lowest BCUT2D eigenvalue weighted by Crippen LogP contribution is -2.50. The molecule has 6 heterocycles. The zero-order valence-electron chi connectivity index (χ0n) is 42.6. The number of alkyl halides is 1. The minimum absolute atomic E-state index is 0. The highest BCUT2D eigenvalue weighted by molar-refractivity contribution is 8.14. The van der Waals surface area contributed by atoms with E-state index in [-0.39, 0.29) is 61.0 Å². The fourth-order valence-corrected chi connectivity index (χ4v) is 11.3. The van der Waals surface area contributed by atoms with E-state index in [1.165, 1.54) is 69.5 Å². The monoisotopic (exact) mass is 1150 g/mol. The third kappa shape index (κ3) is 17.0. The van der Waals surface area contributed by atoms with E-state index in [2.05, 4.69) is 107 Å². The van der Waals surface area contributed by atoms with Crippen LogP contribution < -0.4 is 37.5 Å². The molecular weight excluding hydrogens is 1090 g/mol. The molecule has 4 atom stereocenters. The molecular formula is C51H64Cl2N14O9S2. The smallest absolute Gasteiger partial charge is 0.340 e. The number of nitrogens with two attached hydrogens (primary N) is 1. The largest absolute Gasteiger partial charge is 0.481 e. The van der Waals surface area contributed by atoms with Crippen LogP contribution in [0.5, 0.6) is 0 Å².